The van der Waals surface area contributed by atoms with Gasteiger partial charge in [-0.2, -0.15) is 4.98 Å². The summed E-state index contributed by atoms with van der Waals surface area (Å²) in [7, 11) is 0. The van der Waals surface area contributed by atoms with E-state index in [0.717, 1.165) is 64.3 Å². The lowest BCUT2D eigenvalue weighted by atomic mass is 9.91. The standard InChI is InChI=1S/C17H28N4O3/c1-3-15-14(6-4-11-23-15)17(22)21-8-5-7-20(9-10-21)12-16-18-13(2)24-19-16/h14-15H,3-12H2,1-2H3. The highest BCUT2D eigenvalue weighted by atomic mass is 16.5. The van der Waals surface area contributed by atoms with Crippen LogP contribution in [0.25, 0.3) is 0 Å². The second-order valence-electron chi connectivity index (χ2n) is 6.75. The van der Waals surface area contributed by atoms with Crippen LogP contribution in [0.5, 0.6) is 0 Å². The molecule has 2 aliphatic rings. The number of aryl methyl sites for hydroxylation is 1. The van der Waals surface area contributed by atoms with Gasteiger partial charge in [0.25, 0.3) is 0 Å². The van der Waals surface area contributed by atoms with Gasteiger partial charge in [-0.25, -0.2) is 0 Å². The number of aromatic nitrogens is 2. The summed E-state index contributed by atoms with van der Waals surface area (Å²) < 4.78 is 10.8. The molecule has 2 aliphatic heterocycles. The fourth-order valence-corrected chi connectivity index (χ4v) is 3.71. The van der Waals surface area contributed by atoms with Gasteiger partial charge in [-0.05, 0) is 25.7 Å². The van der Waals surface area contributed by atoms with Gasteiger partial charge in [-0.3, -0.25) is 9.69 Å². The highest BCUT2D eigenvalue weighted by Crippen LogP contribution is 2.25. The molecule has 0 bridgehead atoms. The lowest BCUT2D eigenvalue weighted by Gasteiger charge is -2.34. The van der Waals surface area contributed by atoms with Crippen molar-refractivity contribution in [1.82, 2.24) is 19.9 Å². The van der Waals surface area contributed by atoms with E-state index in [-0.39, 0.29) is 17.9 Å². The Labute approximate surface area is 143 Å². The van der Waals surface area contributed by atoms with Crippen LogP contribution < -0.4 is 0 Å². The average Bonchev–Trinajstić information content (AvgIpc) is 2.87. The minimum Gasteiger partial charge on any atom is -0.377 e. The second-order valence-corrected chi connectivity index (χ2v) is 6.75. The van der Waals surface area contributed by atoms with E-state index < -0.39 is 0 Å². The third-order valence-corrected chi connectivity index (χ3v) is 4.99. The summed E-state index contributed by atoms with van der Waals surface area (Å²) in [4.78, 5) is 21.5. The lowest BCUT2D eigenvalue weighted by molar-refractivity contribution is -0.145. The summed E-state index contributed by atoms with van der Waals surface area (Å²) >= 11 is 0. The zero-order chi connectivity index (χ0) is 16.9. The SMILES string of the molecule is CCC1OCCCC1C(=O)N1CCCN(Cc2noc(C)n2)CC1. The Hall–Kier alpha value is -1.47. The number of hydrogen-bond acceptors (Lipinski definition) is 6. The van der Waals surface area contributed by atoms with Crippen molar-refractivity contribution >= 4 is 5.91 Å². The van der Waals surface area contributed by atoms with E-state index in [0.29, 0.717) is 12.4 Å². The monoisotopic (exact) mass is 336 g/mol. The van der Waals surface area contributed by atoms with Crippen molar-refractivity contribution in [2.24, 2.45) is 5.92 Å². The Bertz CT molecular complexity index is 548. The minimum absolute atomic E-state index is 0.0372. The number of carbonyl (C=O) groups is 1. The van der Waals surface area contributed by atoms with Gasteiger partial charge >= 0.3 is 0 Å². The summed E-state index contributed by atoms with van der Waals surface area (Å²) in [5.41, 5.74) is 0. The molecule has 0 aliphatic carbocycles. The van der Waals surface area contributed by atoms with Crippen LogP contribution in [0.15, 0.2) is 4.52 Å². The summed E-state index contributed by atoms with van der Waals surface area (Å²) in [5, 5.41) is 3.96. The van der Waals surface area contributed by atoms with Gasteiger partial charge < -0.3 is 14.2 Å². The van der Waals surface area contributed by atoms with Crippen molar-refractivity contribution in [2.75, 3.05) is 32.8 Å². The number of carbonyl (C=O) groups excluding carboxylic acids is 1. The Morgan fingerprint density at radius 3 is 2.88 bits per heavy atom. The smallest absolute Gasteiger partial charge is 0.228 e. The maximum atomic E-state index is 12.9. The van der Waals surface area contributed by atoms with E-state index >= 15 is 0 Å². The molecule has 2 atom stereocenters. The summed E-state index contributed by atoms with van der Waals surface area (Å²) in [6.45, 7) is 8.78. The zero-order valence-electron chi connectivity index (χ0n) is 14.7. The van der Waals surface area contributed by atoms with Gasteiger partial charge in [-0.1, -0.05) is 12.1 Å². The van der Waals surface area contributed by atoms with E-state index in [9.17, 15) is 4.79 Å². The van der Waals surface area contributed by atoms with E-state index in [1.165, 1.54) is 0 Å². The predicted molar refractivity (Wildman–Crippen MR) is 88.3 cm³/mol. The molecule has 24 heavy (non-hydrogen) atoms. The van der Waals surface area contributed by atoms with Gasteiger partial charge in [-0.15, -0.1) is 0 Å². The Kier molecular flexibility index (Phi) is 5.84. The third kappa shape index (κ3) is 4.13. The molecule has 0 spiro atoms. The largest absolute Gasteiger partial charge is 0.377 e. The lowest BCUT2D eigenvalue weighted by Crippen LogP contribution is -2.45. The molecule has 3 heterocycles. The molecule has 2 unspecified atom stereocenters. The third-order valence-electron chi connectivity index (χ3n) is 4.99. The molecule has 2 fully saturated rings. The highest BCUT2D eigenvalue weighted by molar-refractivity contribution is 5.79. The molecule has 134 valence electrons. The summed E-state index contributed by atoms with van der Waals surface area (Å²) in [6, 6.07) is 0. The number of nitrogens with zero attached hydrogens (tertiary/aromatic N) is 4. The fourth-order valence-electron chi connectivity index (χ4n) is 3.71. The zero-order valence-corrected chi connectivity index (χ0v) is 14.7. The predicted octanol–water partition coefficient (Wildman–Crippen LogP) is 1.62. The maximum Gasteiger partial charge on any atom is 0.228 e. The van der Waals surface area contributed by atoms with Crippen molar-refractivity contribution in [3.63, 3.8) is 0 Å². The average molecular weight is 336 g/mol. The molecule has 3 rings (SSSR count). The summed E-state index contributed by atoms with van der Waals surface area (Å²) in [6.07, 6.45) is 3.93. The topological polar surface area (TPSA) is 71.7 Å². The molecular weight excluding hydrogens is 308 g/mol. The van der Waals surface area contributed by atoms with Crippen LogP contribution in [0.1, 0.15) is 44.3 Å². The molecular formula is C17H28N4O3. The molecule has 0 saturated carbocycles. The van der Waals surface area contributed by atoms with Crippen LogP contribution in [0, 0.1) is 12.8 Å². The first-order valence-electron chi connectivity index (χ1n) is 9.09. The molecule has 7 heteroatoms. The maximum absolute atomic E-state index is 12.9. The number of rotatable bonds is 4. The highest BCUT2D eigenvalue weighted by Gasteiger charge is 2.34. The quantitative estimate of drug-likeness (QED) is 0.832. The van der Waals surface area contributed by atoms with Crippen LogP contribution in [0.4, 0.5) is 0 Å². The number of hydrogen-bond donors (Lipinski definition) is 0. The summed E-state index contributed by atoms with van der Waals surface area (Å²) in [5.74, 6) is 1.63. The molecule has 0 N–H and O–H groups in total. The van der Waals surface area contributed by atoms with E-state index in [1.807, 2.05) is 4.90 Å². The molecule has 2 saturated heterocycles. The second kappa shape index (κ2) is 8.07. The van der Waals surface area contributed by atoms with Crippen molar-refractivity contribution < 1.29 is 14.1 Å². The van der Waals surface area contributed by atoms with Gasteiger partial charge in [0.1, 0.15) is 0 Å². The Morgan fingerprint density at radius 2 is 2.12 bits per heavy atom. The molecule has 1 aromatic heterocycles. The van der Waals surface area contributed by atoms with E-state index in [2.05, 4.69) is 22.0 Å². The number of amides is 1. The molecule has 0 radical (unpaired) electrons. The first kappa shape index (κ1) is 17.4. The first-order valence-corrected chi connectivity index (χ1v) is 9.09. The van der Waals surface area contributed by atoms with Gasteiger partial charge in [0.2, 0.25) is 11.8 Å². The molecule has 1 amide bonds. The van der Waals surface area contributed by atoms with Crippen LogP contribution in [-0.4, -0.2) is 64.7 Å². The van der Waals surface area contributed by atoms with Crippen LogP contribution in [0.2, 0.25) is 0 Å². The Morgan fingerprint density at radius 1 is 1.25 bits per heavy atom. The normalized spacial score (nSPS) is 26.3. The van der Waals surface area contributed by atoms with Gasteiger partial charge in [0, 0.05) is 39.7 Å². The van der Waals surface area contributed by atoms with Crippen LogP contribution >= 0.6 is 0 Å². The molecule has 0 aromatic carbocycles. The van der Waals surface area contributed by atoms with Crippen molar-refractivity contribution in [1.29, 1.82) is 0 Å². The van der Waals surface area contributed by atoms with Crippen molar-refractivity contribution in [3.8, 4) is 0 Å². The molecule has 1 aromatic rings. The minimum atomic E-state index is 0.0372. The Balaban J connectivity index is 1.55. The van der Waals surface area contributed by atoms with Gasteiger partial charge in [0.15, 0.2) is 5.82 Å². The van der Waals surface area contributed by atoms with Crippen LogP contribution in [-0.2, 0) is 16.1 Å². The van der Waals surface area contributed by atoms with E-state index in [1.54, 1.807) is 6.92 Å². The first-order chi connectivity index (χ1) is 11.7. The van der Waals surface area contributed by atoms with Crippen molar-refractivity contribution in [3.05, 3.63) is 11.7 Å². The molecule has 7 nitrogen and oxygen atoms in total. The fraction of sp³-hybridized carbons (Fsp3) is 0.824. The van der Waals surface area contributed by atoms with Gasteiger partial charge in [0.05, 0.1) is 18.6 Å². The van der Waals surface area contributed by atoms with Crippen LogP contribution in [0.3, 0.4) is 0 Å². The van der Waals surface area contributed by atoms with E-state index in [4.69, 9.17) is 9.26 Å². The number of ether oxygens (including phenoxy) is 1. The van der Waals surface area contributed by atoms with Crippen molar-refractivity contribution in [2.45, 2.75) is 52.2 Å².